The number of hydrogen-bond donors (Lipinski definition) is 0. The molecule has 33 heavy (non-hydrogen) atoms. The molecule has 1 atom stereocenters. The van der Waals surface area contributed by atoms with Gasteiger partial charge in [0.15, 0.2) is 0 Å². The maximum absolute atomic E-state index is 6.75. The summed E-state index contributed by atoms with van der Waals surface area (Å²) in [6.45, 7) is 5.55. The van der Waals surface area contributed by atoms with Gasteiger partial charge in [-0.3, -0.25) is 0 Å². The first-order valence-corrected chi connectivity index (χ1v) is 12.3. The van der Waals surface area contributed by atoms with Gasteiger partial charge in [-0.05, 0) is 35.7 Å². The lowest BCUT2D eigenvalue weighted by atomic mass is 9.90. The van der Waals surface area contributed by atoms with Crippen molar-refractivity contribution in [3.63, 3.8) is 0 Å². The fraction of sp³-hybridized carbons (Fsp3) is 0.345. The summed E-state index contributed by atoms with van der Waals surface area (Å²) in [7, 11) is 0. The Hall–Kier alpha value is -3.11. The molecule has 6 rings (SSSR count). The first kappa shape index (κ1) is 20.5. The molecule has 0 aliphatic carbocycles. The van der Waals surface area contributed by atoms with E-state index in [0.29, 0.717) is 0 Å². The summed E-state index contributed by atoms with van der Waals surface area (Å²) in [6, 6.07) is 28.2. The SMILES string of the molecule is CCCN1CCC2(CC1)Oc1ccccc1C1CC(c3ccc(-c4ccccc4)cc3)=NN12. The van der Waals surface area contributed by atoms with Crippen LogP contribution in [0.1, 0.15) is 49.8 Å². The zero-order valence-corrected chi connectivity index (χ0v) is 19.3. The van der Waals surface area contributed by atoms with Gasteiger partial charge in [-0.2, -0.15) is 5.10 Å². The van der Waals surface area contributed by atoms with Gasteiger partial charge in [-0.1, -0.05) is 79.7 Å². The van der Waals surface area contributed by atoms with Crippen LogP contribution in [-0.4, -0.2) is 41.0 Å². The lowest BCUT2D eigenvalue weighted by Crippen LogP contribution is -2.59. The highest BCUT2D eigenvalue weighted by Gasteiger charge is 2.51. The van der Waals surface area contributed by atoms with Crippen molar-refractivity contribution < 1.29 is 4.74 Å². The van der Waals surface area contributed by atoms with E-state index < -0.39 is 0 Å². The van der Waals surface area contributed by atoms with E-state index in [1.54, 1.807) is 0 Å². The Morgan fingerprint density at radius 3 is 2.27 bits per heavy atom. The Morgan fingerprint density at radius 1 is 0.848 bits per heavy atom. The molecule has 3 aliphatic rings. The van der Waals surface area contributed by atoms with Gasteiger partial charge in [0.05, 0.1) is 11.8 Å². The van der Waals surface area contributed by atoms with Crippen LogP contribution in [0.25, 0.3) is 11.1 Å². The van der Waals surface area contributed by atoms with Gasteiger partial charge in [0.25, 0.3) is 0 Å². The molecule has 4 heteroatoms. The fourth-order valence-corrected chi connectivity index (χ4v) is 5.66. The van der Waals surface area contributed by atoms with Crippen molar-refractivity contribution in [2.75, 3.05) is 19.6 Å². The first-order chi connectivity index (χ1) is 16.3. The van der Waals surface area contributed by atoms with E-state index in [1.165, 1.54) is 35.2 Å². The quantitative estimate of drug-likeness (QED) is 0.494. The molecule has 0 saturated carbocycles. The van der Waals surface area contributed by atoms with Gasteiger partial charge in [0, 0.05) is 37.9 Å². The topological polar surface area (TPSA) is 28.1 Å². The lowest BCUT2D eigenvalue weighted by Gasteiger charge is -2.51. The van der Waals surface area contributed by atoms with Crippen LogP contribution in [-0.2, 0) is 0 Å². The Morgan fingerprint density at radius 2 is 1.52 bits per heavy atom. The number of benzene rings is 3. The van der Waals surface area contributed by atoms with Crippen molar-refractivity contribution >= 4 is 5.71 Å². The molecular weight excluding hydrogens is 406 g/mol. The van der Waals surface area contributed by atoms with Crippen molar-refractivity contribution in [1.82, 2.24) is 9.91 Å². The maximum Gasteiger partial charge on any atom is 0.200 e. The first-order valence-electron chi connectivity index (χ1n) is 12.3. The fourth-order valence-electron chi connectivity index (χ4n) is 5.66. The third-order valence-electron chi connectivity index (χ3n) is 7.41. The number of rotatable bonds is 4. The molecule has 3 aromatic rings. The molecular formula is C29H31N3O. The van der Waals surface area contributed by atoms with Crippen LogP contribution in [0.15, 0.2) is 84.0 Å². The van der Waals surface area contributed by atoms with E-state index in [4.69, 9.17) is 9.84 Å². The summed E-state index contributed by atoms with van der Waals surface area (Å²) in [5.41, 5.74) is 5.78. The number of para-hydroxylation sites is 1. The molecule has 3 aliphatic heterocycles. The summed E-state index contributed by atoms with van der Waals surface area (Å²) >= 11 is 0. The van der Waals surface area contributed by atoms with Crippen LogP contribution in [0.2, 0.25) is 0 Å². The number of piperidine rings is 1. The zero-order chi connectivity index (χ0) is 22.3. The maximum atomic E-state index is 6.75. The molecule has 1 spiro atoms. The predicted octanol–water partition coefficient (Wildman–Crippen LogP) is 6.10. The smallest absolute Gasteiger partial charge is 0.200 e. The van der Waals surface area contributed by atoms with Crippen LogP contribution < -0.4 is 4.74 Å². The molecule has 168 valence electrons. The van der Waals surface area contributed by atoms with E-state index in [-0.39, 0.29) is 11.8 Å². The van der Waals surface area contributed by atoms with Crippen molar-refractivity contribution in [1.29, 1.82) is 0 Å². The van der Waals surface area contributed by atoms with Crippen LogP contribution in [0, 0.1) is 0 Å². The second-order valence-electron chi connectivity index (χ2n) is 9.48. The Labute approximate surface area is 196 Å². The molecule has 1 unspecified atom stereocenters. The molecule has 0 bridgehead atoms. The van der Waals surface area contributed by atoms with Gasteiger partial charge in [-0.15, -0.1) is 0 Å². The average molecular weight is 438 g/mol. The van der Waals surface area contributed by atoms with Crippen molar-refractivity contribution in [2.45, 2.75) is 44.4 Å². The highest BCUT2D eigenvalue weighted by atomic mass is 16.5. The van der Waals surface area contributed by atoms with Gasteiger partial charge in [0.2, 0.25) is 5.72 Å². The minimum Gasteiger partial charge on any atom is -0.466 e. The molecule has 1 fully saturated rings. The van der Waals surface area contributed by atoms with E-state index in [2.05, 4.69) is 95.7 Å². The van der Waals surface area contributed by atoms with Crippen LogP contribution >= 0.6 is 0 Å². The van der Waals surface area contributed by atoms with Crippen molar-refractivity contribution in [2.24, 2.45) is 5.10 Å². The van der Waals surface area contributed by atoms with Crippen LogP contribution in [0.5, 0.6) is 5.75 Å². The normalized spacial score (nSPS) is 21.3. The largest absolute Gasteiger partial charge is 0.466 e. The summed E-state index contributed by atoms with van der Waals surface area (Å²) in [5.74, 6) is 1.04. The Bertz CT molecular complexity index is 1150. The van der Waals surface area contributed by atoms with Crippen LogP contribution in [0.4, 0.5) is 0 Å². The highest BCUT2D eigenvalue weighted by molar-refractivity contribution is 6.02. The monoisotopic (exact) mass is 437 g/mol. The van der Waals surface area contributed by atoms with Crippen LogP contribution in [0.3, 0.4) is 0 Å². The second kappa shape index (κ2) is 8.35. The minimum atomic E-state index is -0.338. The van der Waals surface area contributed by atoms with Crippen molar-refractivity contribution in [3.05, 3.63) is 90.0 Å². The standard InChI is InChI=1S/C29H31N3O/c1-2-18-31-19-16-29(17-20-31)32-27(25-10-6-7-11-28(25)33-29)21-26(30-32)24-14-12-23(13-15-24)22-8-4-3-5-9-22/h3-15,27H,2,16-21H2,1H3. The zero-order valence-electron chi connectivity index (χ0n) is 19.3. The van der Waals surface area contributed by atoms with E-state index in [9.17, 15) is 0 Å². The average Bonchev–Trinajstić information content (AvgIpc) is 3.33. The van der Waals surface area contributed by atoms with Gasteiger partial charge < -0.3 is 9.64 Å². The summed E-state index contributed by atoms with van der Waals surface area (Å²) < 4.78 is 6.75. The summed E-state index contributed by atoms with van der Waals surface area (Å²) in [4.78, 5) is 2.56. The number of hydrazone groups is 1. The van der Waals surface area contributed by atoms with Crippen molar-refractivity contribution in [3.8, 4) is 16.9 Å². The molecule has 0 aromatic heterocycles. The molecule has 0 N–H and O–H groups in total. The Balaban J connectivity index is 1.32. The van der Waals surface area contributed by atoms with Gasteiger partial charge in [0.1, 0.15) is 5.75 Å². The molecule has 0 radical (unpaired) electrons. The Kier molecular flexibility index (Phi) is 5.18. The third-order valence-corrected chi connectivity index (χ3v) is 7.41. The van der Waals surface area contributed by atoms with Gasteiger partial charge >= 0.3 is 0 Å². The third kappa shape index (κ3) is 3.63. The van der Waals surface area contributed by atoms with E-state index in [0.717, 1.165) is 43.8 Å². The highest BCUT2D eigenvalue weighted by Crippen LogP contribution is 2.49. The molecule has 0 amide bonds. The molecule has 1 saturated heterocycles. The summed E-state index contributed by atoms with van der Waals surface area (Å²) in [5, 5.41) is 7.55. The molecule has 4 nitrogen and oxygen atoms in total. The van der Waals surface area contributed by atoms with E-state index >= 15 is 0 Å². The lowest BCUT2D eigenvalue weighted by molar-refractivity contribution is -0.149. The summed E-state index contributed by atoms with van der Waals surface area (Å²) in [6.07, 6.45) is 4.10. The number of ether oxygens (including phenoxy) is 1. The second-order valence-corrected chi connectivity index (χ2v) is 9.48. The number of fused-ring (bicyclic) bond motifs is 4. The van der Waals surface area contributed by atoms with E-state index in [1.807, 2.05) is 0 Å². The number of nitrogens with zero attached hydrogens (tertiary/aromatic N) is 3. The number of hydrogen-bond acceptors (Lipinski definition) is 4. The molecule has 3 aromatic carbocycles. The predicted molar refractivity (Wildman–Crippen MR) is 133 cm³/mol. The number of likely N-dealkylation sites (tertiary alicyclic amines) is 1. The molecule has 3 heterocycles. The minimum absolute atomic E-state index is 0.247. The van der Waals surface area contributed by atoms with Gasteiger partial charge in [-0.25, -0.2) is 5.01 Å².